The number of carbonyl (C=O) groups excluding carboxylic acids is 1. The molecule has 6 rings (SSSR count). The van der Waals surface area contributed by atoms with E-state index in [9.17, 15) is 14.9 Å². The lowest BCUT2D eigenvalue weighted by atomic mass is 9.47. The van der Waals surface area contributed by atoms with E-state index in [0.717, 1.165) is 24.9 Å². The van der Waals surface area contributed by atoms with Gasteiger partial charge in [-0.1, -0.05) is 18.5 Å². The van der Waals surface area contributed by atoms with Gasteiger partial charge in [-0.15, -0.1) is 0 Å². The largest absolute Gasteiger partial charge is 0.336 e. The van der Waals surface area contributed by atoms with Crippen molar-refractivity contribution in [2.45, 2.75) is 51.0 Å². The number of carbonyl (C=O) groups is 1. The molecule has 1 aliphatic heterocycles. The van der Waals surface area contributed by atoms with Gasteiger partial charge in [-0.25, -0.2) is 0 Å². The van der Waals surface area contributed by atoms with Crippen molar-refractivity contribution < 1.29 is 9.72 Å². The van der Waals surface area contributed by atoms with Crippen LogP contribution in [0.3, 0.4) is 0 Å². The van der Waals surface area contributed by atoms with Gasteiger partial charge in [-0.3, -0.25) is 19.8 Å². The van der Waals surface area contributed by atoms with Gasteiger partial charge in [0.15, 0.2) is 0 Å². The zero-order valence-corrected chi connectivity index (χ0v) is 17.7. The maximum atomic E-state index is 13.0. The van der Waals surface area contributed by atoms with Crippen LogP contribution in [-0.2, 0) is 0 Å². The molecule has 0 aromatic heterocycles. The van der Waals surface area contributed by atoms with Crippen LogP contribution in [0.2, 0.25) is 5.02 Å². The van der Waals surface area contributed by atoms with E-state index in [1.165, 1.54) is 50.7 Å². The maximum absolute atomic E-state index is 13.0. The normalized spacial score (nSPS) is 36.4. The van der Waals surface area contributed by atoms with Crippen molar-refractivity contribution in [3.8, 4) is 0 Å². The Morgan fingerprint density at radius 2 is 1.79 bits per heavy atom. The monoisotopic (exact) mass is 417 g/mol. The smallest absolute Gasteiger partial charge is 0.283 e. The molecule has 4 aliphatic carbocycles. The molecule has 5 aliphatic rings. The van der Waals surface area contributed by atoms with E-state index >= 15 is 0 Å². The summed E-state index contributed by atoms with van der Waals surface area (Å²) in [4.78, 5) is 28.3. The molecule has 0 spiro atoms. The van der Waals surface area contributed by atoms with Gasteiger partial charge in [0.2, 0.25) is 0 Å². The summed E-state index contributed by atoms with van der Waals surface area (Å²) < 4.78 is 0. The number of benzene rings is 1. The summed E-state index contributed by atoms with van der Waals surface area (Å²) >= 11 is 5.90. The molecule has 1 aromatic carbocycles. The summed E-state index contributed by atoms with van der Waals surface area (Å²) in [5, 5.41) is 11.6. The zero-order valence-electron chi connectivity index (χ0n) is 16.9. The Labute approximate surface area is 176 Å². The van der Waals surface area contributed by atoms with E-state index < -0.39 is 4.92 Å². The van der Waals surface area contributed by atoms with E-state index in [4.69, 9.17) is 11.6 Å². The predicted octanol–water partition coefficient (Wildman–Crippen LogP) is 4.36. The quantitative estimate of drug-likeness (QED) is 0.541. The van der Waals surface area contributed by atoms with Crippen LogP contribution in [0, 0.1) is 27.4 Å². The standard InChI is InChI=1S/C22H28ClN3O3/c1-21-10-15-8-16(11-21)13-22(12-15,14-21)25-6-4-24(5-7-25)20(27)18-3-2-17(23)9-19(18)26(28)29/h2-3,9,15-16H,4-8,10-14H2,1H3/t15-,16+,21?,22?. The molecule has 5 fully saturated rings. The molecule has 7 heteroatoms. The van der Waals surface area contributed by atoms with Gasteiger partial charge in [-0.05, 0) is 67.9 Å². The van der Waals surface area contributed by atoms with E-state index in [0.29, 0.717) is 24.0 Å². The fraction of sp³-hybridized carbons (Fsp3) is 0.682. The Kier molecular flexibility index (Phi) is 4.44. The molecule has 6 nitrogen and oxygen atoms in total. The van der Waals surface area contributed by atoms with Crippen molar-refractivity contribution in [2.75, 3.05) is 26.2 Å². The lowest BCUT2D eigenvalue weighted by Gasteiger charge is -2.65. The van der Waals surface area contributed by atoms with Gasteiger partial charge in [0.1, 0.15) is 5.56 Å². The van der Waals surface area contributed by atoms with Crippen LogP contribution in [0.1, 0.15) is 55.8 Å². The third-order valence-corrected chi connectivity index (χ3v) is 8.18. The van der Waals surface area contributed by atoms with Crippen LogP contribution in [0.15, 0.2) is 18.2 Å². The number of rotatable bonds is 3. The van der Waals surface area contributed by atoms with Crippen molar-refractivity contribution in [3.63, 3.8) is 0 Å². The van der Waals surface area contributed by atoms with E-state index in [1.54, 1.807) is 11.0 Å². The minimum atomic E-state index is -0.522. The number of nitro groups is 1. The molecular weight excluding hydrogens is 390 g/mol. The Hall–Kier alpha value is -1.66. The van der Waals surface area contributed by atoms with E-state index in [-0.39, 0.29) is 22.2 Å². The number of nitrogens with zero attached hydrogens (tertiary/aromatic N) is 3. The van der Waals surface area contributed by atoms with Crippen LogP contribution < -0.4 is 0 Å². The molecular formula is C22H28ClN3O3. The summed E-state index contributed by atoms with van der Waals surface area (Å²) in [6.45, 7) is 5.47. The lowest BCUT2D eigenvalue weighted by molar-refractivity contribution is -0.385. The molecule has 1 amide bonds. The summed E-state index contributed by atoms with van der Waals surface area (Å²) in [7, 11) is 0. The summed E-state index contributed by atoms with van der Waals surface area (Å²) in [6.07, 6.45) is 8.12. The maximum Gasteiger partial charge on any atom is 0.283 e. The lowest BCUT2D eigenvalue weighted by Crippen LogP contribution is -2.66. The first-order valence-electron chi connectivity index (χ1n) is 10.8. The molecule has 29 heavy (non-hydrogen) atoms. The Bertz CT molecular complexity index is 851. The summed E-state index contributed by atoms with van der Waals surface area (Å²) in [5.74, 6) is 1.49. The predicted molar refractivity (Wildman–Crippen MR) is 111 cm³/mol. The molecule has 1 heterocycles. The van der Waals surface area contributed by atoms with Gasteiger partial charge in [0, 0.05) is 42.8 Å². The minimum Gasteiger partial charge on any atom is -0.336 e. The number of amides is 1. The summed E-state index contributed by atoms with van der Waals surface area (Å²) in [6, 6.07) is 4.30. The number of nitro benzene ring substituents is 1. The Morgan fingerprint density at radius 1 is 1.14 bits per heavy atom. The number of hydrogen-bond donors (Lipinski definition) is 0. The molecule has 4 saturated carbocycles. The van der Waals surface area contributed by atoms with Crippen molar-refractivity contribution in [1.82, 2.24) is 9.80 Å². The second-order valence-electron chi connectivity index (χ2n) is 10.2. The zero-order chi connectivity index (χ0) is 20.4. The van der Waals surface area contributed by atoms with Crippen molar-refractivity contribution in [2.24, 2.45) is 17.3 Å². The van der Waals surface area contributed by atoms with Crippen LogP contribution in [0.5, 0.6) is 0 Å². The molecule has 2 unspecified atom stereocenters. The molecule has 156 valence electrons. The first-order chi connectivity index (χ1) is 13.8. The average Bonchev–Trinajstić information content (AvgIpc) is 2.65. The fourth-order valence-corrected chi connectivity index (χ4v) is 7.59. The molecule has 4 atom stereocenters. The van der Waals surface area contributed by atoms with Gasteiger partial charge in [-0.2, -0.15) is 0 Å². The van der Waals surface area contributed by atoms with Crippen molar-refractivity contribution >= 4 is 23.2 Å². The highest BCUT2D eigenvalue weighted by molar-refractivity contribution is 6.31. The van der Waals surface area contributed by atoms with Gasteiger partial charge < -0.3 is 4.90 Å². The molecule has 0 N–H and O–H groups in total. The number of halogens is 1. The second kappa shape index (κ2) is 6.67. The van der Waals surface area contributed by atoms with Crippen LogP contribution in [0.4, 0.5) is 5.69 Å². The van der Waals surface area contributed by atoms with E-state index in [2.05, 4.69) is 11.8 Å². The van der Waals surface area contributed by atoms with Crippen LogP contribution >= 0.6 is 11.6 Å². The van der Waals surface area contributed by atoms with Gasteiger partial charge in [0.05, 0.1) is 4.92 Å². The molecule has 1 aromatic rings. The molecule has 1 saturated heterocycles. The first kappa shape index (κ1) is 19.3. The summed E-state index contributed by atoms with van der Waals surface area (Å²) in [5.41, 5.74) is 0.746. The second-order valence-corrected chi connectivity index (χ2v) is 10.6. The van der Waals surface area contributed by atoms with Crippen LogP contribution in [-0.4, -0.2) is 52.3 Å². The van der Waals surface area contributed by atoms with Crippen molar-refractivity contribution in [3.05, 3.63) is 38.9 Å². The SMILES string of the molecule is CC12C[C@H]3C[C@@H](C1)CC(N1CCN(C(=O)c4ccc(Cl)cc4[N+](=O)[O-])CC1)(C3)C2. The highest BCUT2D eigenvalue weighted by Gasteiger charge is 2.58. The number of piperazine rings is 1. The molecule has 0 radical (unpaired) electrons. The molecule has 4 bridgehead atoms. The highest BCUT2D eigenvalue weighted by atomic mass is 35.5. The van der Waals surface area contributed by atoms with Crippen molar-refractivity contribution in [1.29, 1.82) is 0 Å². The van der Waals surface area contributed by atoms with Gasteiger partial charge in [0.25, 0.3) is 11.6 Å². The third kappa shape index (κ3) is 3.25. The first-order valence-corrected chi connectivity index (χ1v) is 11.1. The fourth-order valence-electron chi connectivity index (χ4n) is 7.43. The van der Waals surface area contributed by atoms with E-state index in [1.807, 2.05) is 0 Å². The van der Waals surface area contributed by atoms with Crippen LogP contribution in [0.25, 0.3) is 0 Å². The minimum absolute atomic E-state index is 0.134. The Morgan fingerprint density at radius 3 is 2.38 bits per heavy atom. The third-order valence-electron chi connectivity index (χ3n) is 7.95. The van der Waals surface area contributed by atoms with Gasteiger partial charge >= 0.3 is 0 Å². The highest BCUT2D eigenvalue weighted by Crippen LogP contribution is 2.63. The average molecular weight is 418 g/mol. The Balaban J connectivity index is 1.30. The topological polar surface area (TPSA) is 66.7 Å². The number of hydrogen-bond acceptors (Lipinski definition) is 4.